The molecule has 1 fully saturated rings. The number of hydrogen-bond acceptors (Lipinski definition) is 3. The van der Waals surface area contributed by atoms with E-state index in [1.54, 1.807) is 6.07 Å². The smallest absolute Gasteiger partial charge is 0.335 e. The number of carboxylic acid groups (broad SMARTS) is 1. The SMILES string of the molecule is COc1cc(C(=O)O)cc(C2CC2)n1. The third-order valence-electron chi connectivity index (χ3n) is 2.27. The van der Waals surface area contributed by atoms with Gasteiger partial charge < -0.3 is 9.84 Å². The Morgan fingerprint density at radius 1 is 1.57 bits per heavy atom. The van der Waals surface area contributed by atoms with Gasteiger partial charge in [0.1, 0.15) is 0 Å². The fourth-order valence-electron chi connectivity index (χ4n) is 1.34. The van der Waals surface area contributed by atoms with E-state index in [4.69, 9.17) is 9.84 Å². The molecule has 1 aromatic heterocycles. The lowest BCUT2D eigenvalue weighted by Gasteiger charge is -2.04. The monoisotopic (exact) mass is 193 g/mol. The van der Waals surface area contributed by atoms with Crippen molar-refractivity contribution in [3.8, 4) is 5.88 Å². The quantitative estimate of drug-likeness (QED) is 0.793. The normalized spacial score (nSPS) is 15.2. The fourth-order valence-corrected chi connectivity index (χ4v) is 1.34. The molecule has 74 valence electrons. The predicted molar refractivity (Wildman–Crippen MR) is 49.7 cm³/mol. The van der Waals surface area contributed by atoms with Gasteiger partial charge in [-0.2, -0.15) is 0 Å². The van der Waals surface area contributed by atoms with E-state index in [0.29, 0.717) is 11.8 Å². The number of aromatic carboxylic acids is 1. The first-order chi connectivity index (χ1) is 6.70. The molecule has 4 heteroatoms. The summed E-state index contributed by atoms with van der Waals surface area (Å²) in [4.78, 5) is 15.0. The van der Waals surface area contributed by atoms with E-state index in [-0.39, 0.29) is 5.56 Å². The van der Waals surface area contributed by atoms with Crippen LogP contribution in [0.25, 0.3) is 0 Å². The van der Waals surface area contributed by atoms with E-state index in [1.165, 1.54) is 13.2 Å². The molecule has 4 nitrogen and oxygen atoms in total. The Morgan fingerprint density at radius 3 is 2.79 bits per heavy atom. The van der Waals surface area contributed by atoms with Crippen LogP contribution in [-0.4, -0.2) is 23.2 Å². The van der Waals surface area contributed by atoms with Crippen molar-refractivity contribution < 1.29 is 14.6 Å². The van der Waals surface area contributed by atoms with Gasteiger partial charge in [0.2, 0.25) is 5.88 Å². The molecular formula is C10H11NO3. The Kier molecular flexibility index (Phi) is 2.11. The van der Waals surface area contributed by atoms with Gasteiger partial charge in [-0.15, -0.1) is 0 Å². The van der Waals surface area contributed by atoms with E-state index < -0.39 is 5.97 Å². The Morgan fingerprint density at radius 2 is 2.29 bits per heavy atom. The van der Waals surface area contributed by atoms with E-state index in [1.807, 2.05) is 0 Å². The molecule has 0 saturated heterocycles. The molecular weight excluding hydrogens is 182 g/mol. The van der Waals surface area contributed by atoms with Gasteiger partial charge in [0, 0.05) is 17.7 Å². The molecule has 1 N–H and O–H groups in total. The average Bonchev–Trinajstić information content (AvgIpc) is 3.00. The zero-order valence-corrected chi connectivity index (χ0v) is 7.86. The number of carbonyl (C=O) groups is 1. The van der Waals surface area contributed by atoms with Crippen LogP contribution in [0.1, 0.15) is 34.8 Å². The van der Waals surface area contributed by atoms with Crippen LogP contribution in [0.3, 0.4) is 0 Å². The highest BCUT2D eigenvalue weighted by atomic mass is 16.5. The lowest BCUT2D eigenvalue weighted by atomic mass is 10.2. The Hall–Kier alpha value is -1.58. The summed E-state index contributed by atoms with van der Waals surface area (Å²) in [5.41, 5.74) is 1.08. The molecule has 0 aliphatic heterocycles. The Balaban J connectivity index is 2.40. The summed E-state index contributed by atoms with van der Waals surface area (Å²) in [6, 6.07) is 3.07. The minimum Gasteiger partial charge on any atom is -0.481 e. The average molecular weight is 193 g/mol. The van der Waals surface area contributed by atoms with Crippen molar-refractivity contribution in [2.24, 2.45) is 0 Å². The van der Waals surface area contributed by atoms with Crippen LogP contribution in [0.5, 0.6) is 5.88 Å². The molecule has 0 aromatic carbocycles. The second-order valence-corrected chi connectivity index (χ2v) is 3.40. The maximum atomic E-state index is 10.8. The highest BCUT2D eigenvalue weighted by Gasteiger charge is 2.26. The summed E-state index contributed by atoms with van der Waals surface area (Å²) in [6.45, 7) is 0. The van der Waals surface area contributed by atoms with Crippen LogP contribution in [0.2, 0.25) is 0 Å². The highest BCUT2D eigenvalue weighted by Crippen LogP contribution is 2.39. The number of hydrogen-bond donors (Lipinski definition) is 1. The lowest BCUT2D eigenvalue weighted by molar-refractivity contribution is 0.0696. The second-order valence-electron chi connectivity index (χ2n) is 3.40. The van der Waals surface area contributed by atoms with Gasteiger partial charge in [-0.1, -0.05) is 0 Å². The molecule has 0 radical (unpaired) electrons. The molecule has 1 saturated carbocycles. The summed E-state index contributed by atoms with van der Waals surface area (Å²) in [5, 5.41) is 8.85. The number of aromatic nitrogens is 1. The Bertz CT molecular complexity index is 372. The number of methoxy groups -OCH3 is 1. The van der Waals surface area contributed by atoms with Gasteiger partial charge in [-0.3, -0.25) is 0 Å². The van der Waals surface area contributed by atoms with E-state index in [0.717, 1.165) is 18.5 Å². The van der Waals surface area contributed by atoms with Crippen LogP contribution in [0, 0.1) is 0 Å². The van der Waals surface area contributed by atoms with Crippen molar-refractivity contribution in [2.75, 3.05) is 7.11 Å². The molecule has 1 aromatic rings. The van der Waals surface area contributed by atoms with Crippen molar-refractivity contribution in [2.45, 2.75) is 18.8 Å². The van der Waals surface area contributed by atoms with Gasteiger partial charge in [-0.05, 0) is 18.9 Å². The van der Waals surface area contributed by atoms with Crippen LogP contribution in [0.4, 0.5) is 0 Å². The zero-order valence-electron chi connectivity index (χ0n) is 7.86. The molecule has 0 unspecified atom stereocenters. The van der Waals surface area contributed by atoms with Crippen LogP contribution in [0.15, 0.2) is 12.1 Å². The minimum atomic E-state index is -0.937. The summed E-state index contributed by atoms with van der Waals surface area (Å²) in [5.74, 6) is -0.123. The zero-order chi connectivity index (χ0) is 10.1. The summed E-state index contributed by atoms with van der Waals surface area (Å²) < 4.78 is 4.95. The number of carboxylic acids is 1. The molecule has 0 spiro atoms. The number of pyridine rings is 1. The van der Waals surface area contributed by atoms with E-state index in [2.05, 4.69) is 4.98 Å². The fraction of sp³-hybridized carbons (Fsp3) is 0.400. The van der Waals surface area contributed by atoms with Crippen molar-refractivity contribution in [3.05, 3.63) is 23.4 Å². The van der Waals surface area contributed by atoms with Gasteiger partial charge in [0.05, 0.1) is 12.7 Å². The van der Waals surface area contributed by atoms with E-state index >= 15 is 0 Å². The molecule has 2 rings (SSSR count). The second kappa shape index (κ2) is 3.29. The largest absolute Gasteiger partial charge is 0.481 e. The van der Waals surface area contributed by atoms with Gasteiger partial charge >= 0.3 is 5.97 Å². The minimum absolute atomic E-state index is 0.249. The molecule has 0 atom stereocenters. The number of nitrogens with zero attached hydrogens (tertiary/aromatic N) is 1. The van der Waals surface area contributed by atoms with Crippen molar-refractivity contribution in [1.29, 1.82) is 0 Å². The first-order valence-corrected chi connectivity index (χ1v) is 4.50. The number of ether oxygens (including phenoxy) is 1. The van der Waals surface area contributed by atoms with Crippen LogP contribution in [-0.2, 0) is 0 Å². The first kappa shape index (κ1) is 8.99. The molecule has 14 heavy (non-hydrogen) atoms. The van der Waals surface area contributed by atoms with Crippen molar-refractivity contribution in [3.63, 3.8) is 0 Å². The topological polar surface area (TPSA) is 59.4 Å². The number of rotatable bonds is 3. The third kappa shape index (κ3) is 1.69. The van der Waals surface area contributed by atoms with Gasteiger partial charge in [0.25, 0.3) is 0 Å². The Labute approximate surface area is 81.5 Å². The maximum Gasteiger partial charge on any atom is 0.335 e. The summed E-state index contributed by atoms with van der Waals surface area (Å²) in [7, 11) is 1.49. The van der Waals surface area contributed by atoms with Gasteiger partial charge in [-0.25, -0.2) is 9.78 Å². The van der Waals surface area contributed by atoms with Crippen molar-refractivity contribution >= 4 is 5.97 Å². The third-order valence-corrected chi connectivity index (χ3v) is 2.27. The highest BCUT2D eigenvalue weighted by molar-refractivity contribution is 5.88. The van der Waals surface area contributed by atoms with E-state index in [9.17, 15) is 4.79 Å². The molecule has 1 heterocycles. The maximum absolute atomic E-state index is 10.8. The molecule has 0 amide bonds. The van der Waals surface area contributed by atoms with Gasteiger partial charge in [0.15, 0.2) is 0 Å². The van der Waals surface area contributed by atoms with Crippen LogP contribution < -0.4 is 4.74 Å². The lowest BCUT2D eigenvalue weighted by Crippen LogP contribution is -2.01. The standard InChI is InChI=1S/C10H11NO3/c1-14-9-5-7(10(12)13)4-8(11-9)6-2-3-6/h4-6H,2-3H2,1H3,(H,12,13). The molecule has 1 aliphatic rings. The molecule has 0 bridgehead atoms. The van der Waals surface area contributed by atoms with Crippen LogP contribution >= 0.6 is 0 Å². The first-order valence-electron chi connectivity index (χ1n) is 4.50. The van der Waals surface area contributed by atoms with Crippen molar-refractivity contribution in [1.82, 2.24) is 4.98 Å². The summed E-state index contributed by atoms with van der Waals surface area (Å²) >= 11 is 0. The summed E-state index contributed by atoms with van der Waals surface area (Å²) in [6.07, 6.45) is 2.19. The molecule has 1 aliphatic carbocycles. The predicted octanol–water partition coefficient (Wildman–Crippen LogP) is 1.67.